The van der Waals surface area contributed by atoms with Crippen molar-refractivity contribution in [3.8, 4) is 0 Å². The Bertz CT molecular complexity index is 647. The SMILES string of the molecule is CC1CCCCN1c1cc(N2CCOCC2)nc(NC(=S)NC2CC2)n1. The van der Waals surface area contributed by atoms with Crippen molar-refractivity contribution in [3.63, 3.8) is 0 Å². The lowest BCUT2D eigenvalue weighted by molar-refractivity contribution is 0.122. The molecule has 2 N–H and O–H groups in total. The molecule has 0 radical (unpaired) electrons. The average Bonchev–Trinajstić information content (AvgIpc) is 3.46. The molecular weight excluding hydrogens is 348 g/mol. The summed E-state index contributed by atoms with van der Waals surface area (Å²) in [6, 6.07) is 3.13. The first-order valence-corrected chi connectivity index (χ1v) is 10.2. The lowest BCUT2D eigenvalue weighted by Crippen LogP contribution is -2.40. The van der Waals surface area contributed by atoms with Crippen molar-refractivity contribution in [1.29, 1.82) is 0 Å². The fourth-order valence-corrected chi connectivity index (χ4v) is 3.83. The third-order valence-electron chi connectivity index (χ3n) is 5.27. The van der Waals surface area contributed by atoms with Gasteiger partial charge in [0, 0.05) is 37.8 Å². The minimum atomic E-state index is 0.501. The van der Waals surface area contributed by atoms with Crippen LogP contribution in [0.1, 0.15) is 39.0 Å². The largest absolute Gasteiger partial charge is 0.378 e. The Balaban J connectivity index is 1.58. The second-order valence-corrected chi connectivity index (χ2v) is 7.83. The van der Waals surface area contributed by atoms with Crippen molar-refractivity contribution in [3.05, 3.63) is 6.07 Å². The smallest absolute Gasteiger partial charge is 0.232 e. The summed E-state index contributed by atoms with van der Waals surface area (Å²) in [5, 5.41) is 7.12. The average molecular weight is 377 g/mol. The van der Waals surface area contributed by atoms with Gasteiger partial charge in [-0.25, -0.2) is 0 Å². The van der Waals surface area contributed by atoms with E-state index in [0.717, 1.165) is 44.5 Å². The minimum absolute atomic E-state index is 0.501. The molecule has 0 aromatic carbocycles. The summed E-state index contributed by atoms with van der Waals surface area (Å²) in [4.78, 5) is 14.2. The van der Waals surface area contributed by atoms with E-state index in [0.29, 0.717) is 23.1 Å². The zero-order valence-electron chi connectivity index (χ0n) is 15.4. The van der Waals surface area contributed by atoms with Gasteiger partial charge in [0.05, 0.1) is 13.2 Å². The monoisotopic (exact) mass is 376 g/mol. The van der Waals surface area contributed by atoms with Crippen LogP contribution >= 0.6 is 12.2 Å². The highest BCUT2D eigenvalue weighted by Gasteiger charge is 2.24. The maximum atomic E-state index is 5.49. The second kappa shape index (κ2) is 7.92. The molecule has 1 atom stereocenters. The fraction of sp³-hybridized carbons (Fsp3) is 0.722. The van der Waals surface area contributed by atoms with Gasteiger partial charge in [0.2, 0.25) is 5.95 Å². The highest BCUT2D eigenvalue weighted by Crippen LogP contribution is 2.27. The maximum Gasteiger partial charge on any atom is 0.232 e. The maximum absolute atomic E-state index is 5.49. The van der Waals surface area contributed by atoms with Crippen molar-refractivity contribution >= 4 is 34.9 Å². The van der Waals surface area contributed by atoms with Crippen molar-refractivity contribution in [2.24, 2.45) is 0 Å². The molecule has 8 heteroatoms. The van der Waals surface area contributed by atoms with Gasteiger partial charge in [-0.1, -0.05) is 0 Å². The molecule has 3 fully saturated rings. The van der Waals surface area contributed by atoms with Gasteiger partial charge < -0.3 is 25.2 Å². The van der Waals surface area contributed by atoms with Crippen molar-refractivity contribution < 1.29 is 4.74 Å². The van der Waals surface area contributed by atoms with Gasteiger partial charge in [-0.15, -0.1) is 0 Å². The molecule has 1 aromatic rings. The zero-order chi connectivity index (χ0) is 17.9. The van der Waals surface area contributed by atoms with Gasteiger partial charge in [-0.2, -0.15) is 9.97 Å². The van der Waals surface area contributed by atoms with Crippen LogP contribution in [-0.4, -0.2) is 60.0 Å². The standard InChI is InChI=1S/C18H28N6OS/c1-13-4-2-3-7-24(13)16-12-15(23-8-10-25-11-9-23)20-17(21-16)22-18(26)19-14-5-6-14/h12-14H,2-11H2,1H3,(H2,19,20,21,22,26). The molecule has 1 aromatic heterocycles. The van der Waals surface area contributed by atoms with Gasteiger partial charge in [0.1, 0.15) is 11.6 Å². The first-order chi connectivity index (χ1) is 12.7. The Hall–Kier alpha value is -1.67. The van der Waals surface area contributed by atoms with E-state index in [9.17, 15) is 0 Å². The van der Waals surface area contributed by atoms with E-state index >= 15 is 0 Å². The van der Waals surface area contributed by atoms with Crippen LogP contribution in [0.15, 0.2) is 6.07 Å². The fourth-order valence-electron chi connectivity index (χ4n) is 3.57. The summed E-state index contributed by atoms with van der Waals surface area (Å²) in [5.74, 6) is 2.53. The third kappa shape index (κ3) is 4.35. The number of aromatic nitrogens is 2. The van der Waals surface area contributed by atoms with Crippen LogP contribution in [0.5, 0.6) is 0 Å². The van der Waals surface area contributed by atoms with Crippen molar-refractivity contribution in [2.75, 3.05) is 48.0 Å². The topological polar surface area (TPSA) is 65.6 Å². The Morgan fingerprint density at radius 3 is 2.62 bits per heavy atom. The number of anilines is 3. The molecule has 1 unspecified atom stereocenters. The summed E-state index contributed by atoms with van der Waals surface area (Å²) in [6.45, 7) is 6.52. The van der Waals surface area contributed by atoms with Crippen molar-refractivity contribution in [1.82, 2.24) is 15.3 Å². The number of nitrogens with one attached hydrogen (secondary N) is 2. The van der Waals surface area contributed by atoms with Gasteiger partial charge in [0.25, 0.3) is 0 Å². The van der Waals surface area contributed by atoms with E-state index in [1.165, 1.54) is 32.1 Å². The van der Waals surface area contributed by atoms with E-state index < -0.39 is 0 Å². The Morgan fingerprint density at radius 2 is 1.88 bits per heavy atom. The number of morpholine rings is 1. The van der Waals surface area contributed by atoms with Crippen LogP contribution < -0.4 is 20.4 Å². The van der Waals surface area contributed by atoms with Gasteiger partial charge in [0.15, 0.2) is 5.11 Å². The van der Waals surface area contributed by atoms with E-state index in [4.69, 9.17) is 26.9 Å². The number of ether oxygens (including phenoxy) is 1. The molecule has 1 saturated carbocycles. The van der Waals surface area contributed by atoms with Crippen LogP contribution in [0, 0.1) is 0 Å². The summed E-state index contributed by atoms with van der Waals surface area (Å²) >= 11 is 5.43. The van der Waals surface area contributed by atoms with Crippen LogP contribution in [0.2, 0.25) is 0 Å². The highest BCUT2D eigenvalue weighted by atomic mass is 32.1. The molecule has 26 heavy (non-hydrogen) atoms. The first-order valence-electron chi connectivity index (χ1n) is 9.75. The van der Waals surface area contributed by atoms with E-state index in [1.807, 2.05) is 0 Å². The summed E-state index contributed by atoms with van der Waals surface area (Å²) < 4.78 is 5.49. The zero-order valence-corrected chi connectivity index (χ0v) is 16.2. The molecule has 7 nitrogen and oxygen atoms in total. The lowest BCUT2D eigenvalue weighted by Gasteiger charge is -2.35. The summed E-state index contributed by atoms with van der Waals surface area (Å²) in [7, 11) is 0. The van der Waals surface area contributed by atoms with Crippen LogP contribution in [0.25, 0.3) is 0 Å². The van der Waals surface area contributed by atoms with E-state index in [2.05, 4.69) is 33.4 Å². The molecule has 2 saturated heterocycles. The first kappa shape index (κ1) is 17.7. The Labute approximate surface area is 160 Å². The summed E-state index contributed by atoms with van der Waals surface area (Å²) in [6.07, 6.45) is 6.09. The normalized spacial score (nSPS) is 23.7. The molecule has 4 rings (SSSR count). The van der Waals surface area contributed by atoms with Crippen LogP contribution in [0.3, 0.4) is 0 Å². The van der Waals surface area contributed by atoms with Gasteiger partial charge >= 0.3 is 0 Å². The van der Waals surface area contributed by atoms with Crippen LogP contribution in [-0.2, 0) is 4.74 Å². The molecule has 0 spiro atoms. The number of hydrogen-bond donors (Lipinski definition) is 2. The molecule has 0 amide bonds. The highest BCUT2D eigenvalue weighted by molar-refractivity contribution is 7.80. The number of piperidine rings is 1. The molecule has 3 aliphatic rings. The minimum Gasteiger partial charge on any atom is -0.378 e. The Morgan fingerprint density at radius 1 is 1.12 bits per heavy atom. The Kier molecular flexibility index (Phi) is 5.40. The predicted octanol–water partition coefficient (Wildman–Crippen LogP) is 2.14. The van der Waals surface area contributed by atoms with E-state index in [-0.39, 0.29) is 0 Å². The number of rotatable bonds is 4. The van der Waals surface area contributed by atoms with Gasteiger partial charge in [-0.05, 0) is 51.2 Å². The third-order valence-corrected chi connectivity index (χ3v) is 5.49. The molecule has 3 heterocycles. The quantitative estimate of drug-likeness (QED) is 0.775. The number of thiocarbonyl (C=S) groups is 1. The van der Waals surface area contributed by atoms with Crippen molar-refractivity contribution in [2.45, 2.75) is 51.1 Å². The van der Waals surface area contributed by atoms with E-state index in [1.54, 1.807) is 0 Å². The molecular formula is C18H28N6OS. The number of hydrogen-bond acceptors (Lipinski definition) is 6. The molecule has 1 aliphatic carbocycles. The second-order valence-electron chi connectivity index (χ2n) is 7.42. The summed E-state index contributed by atoms with van der Waals surface area (Å²) in [5.41, 5.74) is 0. The molecule has 2 aliphatic heterocycles. The number of nitrogens with zero attached hydrogens (tertiary/aromatic N) is 4. The predicted molar refractivity (Wildman–Crippen MR) is 108 cm³/mol. The molecule has 142 valence electrons. The lowest BCUT2D eigenvalue weighted by atomic mass is 10.0. The van der Waals surface area contributed by atoms with Crippen LogP contribution in [0.4, 0.5) is 17.6 Å². The van der Waals surface area contributed by atoms with Gasteiger partial charge in [-0.3, -0.25) is 0 Å². The molecule has 0 bridgehead atoms.